The number of ether oxygens (including phenoxy) is 2. The Bertz CT molecular complexity index is 586. The van der Waals surface area contributed by atoms with Crippen molar-refractivity contribution < 1.29 is 19.1 Å². The Morgan fingerprint density at radius 1 is 1.26 bits per heavy atom. The summed E-state index contributed by atoms with van der Waals surface area (Å²) in [6, 6.07) is 0. The summed E-state index contributed by atoms with van der Waals surface area (Å²) < 4.78 is 11.3. The van der Waals surface area contributed by atoms with Crippen molar-refractivity contribution >= 4 is 23.7 Å². The molecule has 0 aliphatic carbocycles. The molecule has 1 aromatic rings. The molecule has 1 aliphatic heterocycles. The maximum absolute atomic E-state index is 11.9. The fourth-order valence-corrected chi connectivity index (χ4v) is 2.99. The zero-order chi connectivity index (χ0) is 14.0. The smallest absolute Gasteiger partial charge is 0.341 e. The van der Waals surface area contributed by atoms with E-state index in [9.17, 15) is 9.59 Å². The van der Waals surface area contributed by atoms with Crippen molar-refractivity contribution in [1.82, 2.24) is 4.57 Å². The highest BCUT2D eigenvalue weighted by Gasteiger charge is 2.34. The predicted molar refractivity (Wildman–Crippen MR) is 66.9 cm³/mol. The number of carbonyl (C=O) groups excluding carboxylic acids is 2. The highest BCUT2D eigenvalue weighted by molar-refractivity contribution is 8.03. The van der Waals surface area contributed by atoms with Crippen LogP contribution in [0.1, 0.15) is 32.8 Å². The van der Waals surface area contributed by atoms with Crippen molar-refractivity contribution in [3.05, 3.63) is 16.8 Å². The summed E-state index contributed by atoms with van der Waals surface area (Å²) in [6.07, 6.45) is 1.56. The minimum absolute atomic E-state index is 0.135. The summed E-state index contributed by atoms with van der Waals surface area (Å²) >= 11 is 0.860. The number of thiocyanates is 1. The number of hydrogen-bond acceptors (Lipinski definition) is 6. The van der Waals surface area contributed by atoms with Gasteiger partial charge in [0.15, 0.2) is 0 Å². The summed E-state index contributed by atoms with van der Waals surface area (Å²) in [7, 11) is 2.51. The molecule has 6 nitrogen and oxygen atoms in total. The van der Waals surface area contributed by atoms with E-state index in [2.05, 4.69) is 0 Å². The van der Waals surface area contributed by atoms with Gasteiger partial charge in [-0.3, -0.25) is 0 Å². The van der Waals surface area contributed by atoms with E-state index in [-0.39, 0.29) is 11.1 Å². The third kappa shape index (κ3) is 2.08. The van der Waals surface area contributed by atoms with Crippen LogP contribution in [0.5, 0.6) is 0 Å². The number of aromatic nitrogens is 1. The highest BCUT2D eigenvalue weighted by atomic mass is 32.2. The number of nitrogens with zero attached hydrogens (tertiary/aromatic N) is 2. The predicted octanol–water partition coefficient (Wildman–Crippen LogP) is 1.58. The maximum atomic E-state index is 11.9. The molecule has 100 valence electrons. The first-order chi connectivity index (χ1) is 9.15. The van der Waals surface area contributed by atoms with Crippen LogP contribution in [0.15, 0.2) is 5.03 Å². The van der Waals surface area contributed by atoms with Crippen LogP contribution in [0.2, 0.25) is 0 Å². The van der Waals surface area contributed by atoms with Gasteiger partial charge in [-0.2, -0.15) is 5.26 Å². The fraction of sp³-hybridized carbons (Fsp3) is 0.417. The second kappa shape index (κ2) is 5.36. The van der Waals surface area contributed by atoms with Gasteiger partial charge in [0.05, 0.1) is 19.8 Å². The topological polar surface area (TPSA) is 81.3 Å². The Kier molecular flexibility index (Phi) is 3.81. The molecule has 0 saturated heterocycles. The van der Waals surface area contributed by atoms with Gasteiger partial charge in [0.2, 0.25) is 0 Å². The maximum Gasteiger partial charge on any atom is 0.341 e. The average Bonchev–Trinajstić information content (AvgIpc) is 2.99. The quantitative estimate of drug-likeness (QED) is 0.475. The molecule has 19 heavy (non-hydrogen) atoms. The van der Waals surface area contributed by atoms with Crippen LogP contribution < -0.4 is 0 Å². The summed E-state index contributed by atoms with van der Waals surface area (Å²) in [5.41, 5.74) is 1.10. The van der Waals surface area contributed by atoms with E-state index in [1.807, 2.05) is 9.97 Å². The first kappa shape index (κ1) is 13.5. The first-order valence-corrected chi connectivity index (χ1v) is 6.45. The first-order valence-electron chi connectivity index (χ1n) is 5.63. The number of thioether (sulfide) groups is 1. The molecule has 0 aromatic carbocycles. The molecule has 2 rings (SSSR count). The summed E-state index contributed by atoms with van der Waals surface area (Å²) in [5, 5.41) is 11.3. The molecule has 0 bridgehead atoms. The SMILES string of the molecule is COC(=O)c1c(C(=O)OC)c(SC#N)n2c1CCC2. The summed E-state index contributed by atoms with van der Waals surface area (Å²) in [6.45, 7) is 0.681. The van der Waals surface area contributed by atoms with Gasteiger partial charge in [-0.1, -0.05) is 0 Å². The second-order valence-corrected chi connectivity index (χ2v) is 4.71. The van der Waals surface area contributed by atoms with Crippen LogP contribution in [0, 0.1) is 10.7 Å². The third-order valence-corrected chi connectivity index (χ3v) is 3.75. The monoisotopic (exact) mass is 280 g/mol. The van der Waals surface area contributed by atoms with Gasteiger partial charge in [-0.25, -0.2) is 9.59 Å². The van der Waals surface area contributed by atoms with E-state index in [0.717, 1.165) is 23.9 Å². The van der Waals surface area contributed by atoms with Crippen molar-refractivity contribution in [3.8, 4) is 5.40 Å². The molecule has 0 spiro atoms. The lowest BCUT2D eigenvalue weighted by atomic mass is 10.1. The van der Waals surface area contributed by atoms with E-state index >= 15 is 0 Å². The van der Waals surface area contributed by atoms with Crippen molar-refractivity contribution in [2.24, 2.45) is 0 Å². The van der Waals surface area contributed by atoms with Crippen molar-refractivity contribution in [2.45, 2.75) is 24.4 Å². The molecule has 1 aliphatic rings. The number of esters is 2. The van der Waals surface area contributed by atoms with E-state index in [1.165, 1.54) is 14.2 Å². The van der Waals surface area contributed by atoms with Crippen LogP contribution in [0.25, 0.3) is 0 Å². The number of rotatable bonds is 3. The molecule has 0 amide bonds. The van der Waals surface area contributed by atoms with Crippen molar-refractivity contribution in [2.75, 3.05) is 14.2 Å². The van der Waals surface area contributed by atoms with Crippen LogP contribution in [0.3, 0.4) is 0 Å². The third-order valence-electron chi connectivity index (χ3n) is 3.04. The van der Waals surface area contributed by atoms with Gasteiger partial charge < -0.3 is 14.0 Å². The Morgan fingerprint density at radius 2 is 1.89 bits per heavy atom. The van der Waals surface area contributed by atoms with E-state index in [1.54, 1.807) is 0 Å². The highest BCUT2D eigenvalue weighted by Crippen LogP contribution is 2.35. The molecule has 2 heterocycles. The number of nitriles is 1. The molecular formula is C12H12N2O4S. The molecule has 1 aromatic heterocycles. The lowest BCUT2D eigenvalue weighted by Gasteiger charge is -2.04. The molecule has 0 atom stereocenters. The molecular weight excluding hydrogens is 268 g/mol. The standard InChI is InChI=1S/C12H12N2O4S/c1-17-11(15)8-7-4-3-5-14(7)10(19-6-13)9(8)12(16)18-2/h3-5H2,1-2H3. The minimum Gasteiger partial charge on any atom is -0.465 e. The van der Waals surface area contributed by atoms with Crippen molar-refractivity contribution in [3.63, 3.8) is 0 Å². The molecule has 0 saturated carbocycles. The van der Waals surface area contributed by atoms with Gasteiger partial charge in [0.25, 0.3) is 0 Å². The second-order valence-electron chi connectivity index (χ2n) is 3.93. The van der Waals surface area contributed by atoms with Gasteiger partial charge in [0, 0.05) is 24.0 Å². The van der Waals surface area contributed by atoms with Gasteiger partial charge in [-0.05, 0) is 12.8 Å². The number of fused-ring (bicyclic) bond motifs is 1. The Morgan fingerprint density at radius 3 is 2.47 bits per heavy atom. The fourth-order valence-electron chi connectivity index (χ4n) is 2.31. The summed E-state index contributed by atoms with van der Waals surface area (Å²) in [5.74, 6) is -1.20. The average molecular weight is 280 g/mol. The Labute approximate surface area is 114 Å². The number of hydrogen-bond donors (Lipinski definition) is 0. The molecule has 0 N–H and O–H groups in total. The van der Waals surface area contributed by atoms with Crippen LogP contribution >= 0.6 is 11.8 Å². The van der Waals surface area contributed by atoms with Crippen molar-refractivity contribution in [1.29, 1.82) is 5.26 Å². The molecule has 7 heteroatoms. The Balaban J connectivity index is 2.70. The van der Waals surface area contributed by atoms with Crippen LogP contribution in [-0.2, 0) is 22.4 Å². The minimum atomic E-state index is -0.625. The van der Waals surface area contributed by atoms with E-state index in [4.69, 9.17) is 14.7 Å². The van der Waals surface area contributed by atoms with Gasteiger partial charge in [0.1, 0.15) is 16.0 Å². The van der Waals surface area contributed by atoms with Crippen LogP contribution in [0.4, 0.5) is 0 Å². The zero-order valence-electron chi connectivity index (χ0n) is 10.6. The Hall–Kier alpha value is -1.94. The van der Waals surface area contributed by atoms with E-state index in [0.29, 0.717) is 18.0 Å². The molecule has 0 radical (unpaired) electrons. The number of methoxy groups -OCH3 is 2. The van der Waals surface area contributed by atoms with Crippen LogP contribution in [-0.4, -0.2) is 30.7 Å². The zero-order valence-corrected chi connectivity index (χ0v) is 11.4. The van der Waals surface area contributed by atoms with Gasteiger partial charge >= 0.3 is 11.9 Å². The normalized spacial score (nSPS) is 12.7. The molecule has 0 unspecified atom stereocenters. The lowest BCUT2D eigenvalue weighted by Crippen LogP contribution is -2.11. The summed E-state index contributed by atoms with van der Waals surface area (Å²) in [4.78, 5) is 23.8. The van der Waals surface area contributed by atoms with Gasteiger partial charge in [-0.15, -0.1) is 0 Å². The largest absolute Gasteiger partial charge is 0.465 e. The lowest BCUT2D eigenvalue weighted by molar-refractivity contribution is 0.0553. The van der Waals surface area contributed by atoms with E-state index < -0.39 is 11.9 Å². The molecule has 0 fully saturated rings. The number of carbonyl (C=O) groups is 2.